The minimum Gasteiger partial charge on any atom is -0.343 e. The van der Waals surface area contributed by atoms with Crippen LogP contribution in [-0.4, -0.2) is 61.1 Å². The number of rotatable bonds is 6. The number of benzene rings is 2. The number of amides is 5. The van der Waals surface area contributed by atoms with E-state index in [2.05, 4.69) is 26.6 Å². The van der Waals surface area contributed by atoms with E-state index in [9.17, 15) is 40.7 Å². The normalized spacial score (nSPS) is 16.2. The lowest BCUT2D eigenvalue weighted by molar-refractivity contribution is -0.138. The highest BCUT2D eigenvalue weighted by Gasteiger charge is 2.31. The van der Waals surface area contributed by atoms with Crippen LogP contribution in [0.5, 0.6) is 0 Å². The molecule has 0 aromatic heterocycles. The molecule has 2 aromatic carbocycles. The molecule has 0 aliphatic carbocycles. The molecule has 0 radical (unpaired) electrons. The first-order chi connectivity index (χ1) is 21.6. The van der Waals surface area contributed by atoms with Crippen LogP contribution in [0.25, 0.3) is 0 Å². The predicted octanol–water partition coefficient (Wildman–Crippen LogP) is 6.44. The summed E-state index contributed by atoms with van der Waals surface area (Å²) >= 11 is 0. The second-order valence-corrected chi connectivity index (χ2v) is 11.6. The smallest absolute Gasteiger partial charge is 0.343 e. The molecular formula is C31H40F6N6O3. The maximum atomic E-state index is 12.5. The molecule has 0 spiro atoms. The highest BCUT2D eigenvalue weighted by Crippen LogP contribution is 2.30. The fraction of sp³-hybridized carbons (Fsp3) is 0.516. The van der Waals surface area contributed by atoms with Crippen molar-refractivity contribution < 1.29 is 40.7 Å². The monoisotopic (exact) mass is 658 g/mol. The van der Waals surface area contributed by atoms with E-state index in [1.807, 2.05) is 18.7 Å². The SMILES string of the molecule is CC(C)CC(=O)N1CCC(NC(=O)Nc2ccc(C(F)(F)F)cc2)CC1.O=C(Nc1ccc(C(F)(F)F)cc1)NC1CCNCC1. The Bertz CT molecular complexity index is 1270. The predicted molar refractivity (Wildman–Crippen MR) is 162 cm³/mol. The molecule has 15 heteroatoms. The summed E-state index contributed by atoms with van der Waals surface area (Å²) in [5.41, 5.74) is -0.867. The molecule has 254 valence electrons. The molecule has 9 nitrogen and oxygen atoms in total. The zero-order valence-electron chi connectivity index (χ0n) is 25.7. The molecule has 0 saturated carbocycles. The molecular weight excluding hydrogens is 618 g/mol. The molecule has 4 rings (SSSR count). The lowest BCUT2D eigenvalue weighted by atomic mass is 10.0. The Morgan fingerprint density at radius 2 is 1.11 bits per heavy atom. The molecule has 2 heterocycles. The van der Waals surface area contributed by atoms with Crippen LogP contribution >= 0.6 is 0 Å². The number of urea groups is 2. The van der Waals surface area contributed by atoms with E-state index in [-0.39, 0.29) is 18.0 Å². The van der Waals surface area contributed by atoms with Crippen molar-refractivity contribution in [2.45, 2.75) is 70.4 Å². The molecule has 2 fully saturated rings. The third-order valence-electron chi connectivity index (χ3n) is 7.38. The van der Waals surface area contributed by atoms with Gasteiger partial charge in [0.25, 0.3) is 0 Å². The van der Waals surface area contributed by atoms with Crippen molar-refractivity contribution in [1.82, 2.24) is 20.9 Å². The van der Waals surface area contributed by atoms with Crippen molar-refractivity contribution in [3.63, 3.8) is 0 Å². The molecule has 2 aliphatic rings. The van der Waals surface area contributed by atoms with E-state index >= 15 is 0 Å². The van der Waals surface area contributed by atoms with Gasteiger partial charge in [-0.3, -0.25) is 4.79 Å². The lowest BCUT2D eigenvalue weighted by Crippen LogP contribution is -2.47. The average Bonchev–Trinajstić information content (AvgIpc) is 2.97. The molecule has 2 saturated heterocycles. The minimum absolute atomic E-state index is 0.0625. The average molecular weight is 659 g/mol. The standard InChI is InChI=1S/C18H24F3N3O2.C13H16F3N3O/c1-12(2)11-16(25)24-9-7-15(8-10-24)23-17(26)22-14-5-3-13(4-6-14)18(19,20)21;14-13(15,16)9-1-3-10(4-2-9)18-12(20)19-11-5-7-17-8-6-11/h3-6,12,15H,7-11H2,1-2H3,(H2,22,23,26);1-4,11,17H,5-8H2,(H2,18,19,20). The third kappa shape index (κ3) is 12.4. The van der Waals surface area contributed by atoms with Crippen molar-refractivity contribution in [3.8, 4) is 0 Å². The molecule has 0 unspecified atom stereocenters. The molecule has 5 N–H and O–H groups in total. The Morgan fingerprint density at radius 3 is 1.48 bits per heavy atom. The number of likely N-dealkylation sites (tertiary alicyclic amines) is 1. The number of nitrogens with zero attached hydrogens (tertiary/aromatic N) is 1. The van der Waals surface area contributed by atoms with Gasteiger partial charge in [-0.05, 0) is 93.2 Å². The van der Waals surface area contributed by atoms with Crippen LogP contribution in [0.4, 0.5) is 47.3 Å². The van der Waals surface area contributed by atoms with Crippen molar-refractivity contribution >= 4 is 29.3 Å². The minimum atomic E-state index is -4.40. The molecule has 2 aliphatic heterocycles. The van der Waals surface area contributed by atoms with Crippen molar-refractivity contribution in [2.75, 3.05) is 36.8 Å². The largest absolute Gasteiger partial charge is 0.416 e. The van der Waals surface area contributed by atoms with Gasteiger partial charge in [0.2, 0.25) is 5.91 Å². The van der Waals surface area contributed by atoms with Crippen LogP contribution in [0.2, 0.25) is 0 Å². The van der Waals surface area contributed by atoms with E-state index in [0.717, 1.165) is 50.2 Å². The van der Waals surface area contributed by atoms with Gasteiger partial charge in [0.15, 0.2) is 0 Å². The Hall–Kier alpha value is -4.01. The van der Waals surface area contributed by atoms with Gasteiger partial charge in [-0.1, -0.05) is 13.8 Å². The molecule has 46 heavy (non-hydrogen) atoms. The number of carbonyl (C=O) groups is 3. The van der Waals surface area contributed by atoms with E-state index in [1.165, 1.54) is 24.3 Å². The number of anilines is 2. The van der Waals surface area contributed by atoms with Gasteiger partial charge in [0.05, 0.1) is 11.1 Å². The fourth-order valence-corrected chi connectivity index (χ4v) is 4.91. The summed E-state index contributed by atoms with van der Waals surface area (Å²) in [7, 11) is 0. The lowest BCUT2D eigenvalue weighted by Gasteiger charge is -2.32. The van der Waals surface area contributed by atoms with Gasteiger partial charge in [-0.25, -0.2) is 9.59 Å². The molecule has 0 atom stereocenters. The van der Waals surface area contributed by atoms with Gasteiger partial charge in [0.1, 0.15) is 0 Å². The number of hydrogen-bond donors (Lipinski definition) is 5. The maximum absolute atomic E-state index is 12.5. The molecule has 5 amide bonds. The van der Waals surface area contributed by atoms with Crippen LogP contribution in [0.15, 0.2) is 48.5 Å². The van der Waals surface area contributed by atoms with E-state index in [1.54, 1.807) is 0 Å². The van der Waals surface area contributed by atoms with Crippen molar-refractivity contribution in [1.29, 1.82) is 0 Å². The molecule has 0 bridgehead atoms. The van der Waals surface area contributed by atoms with Crippen LogP contribution in [0, 0.1) is 5.92 Å². The first-order valence-electron chi connectivity index (χ1n) is 15.1. The first kappa shape index (κ1) is 36.5. The quantitative estimate of drug-likeness (QED) is 0.230. The Labute approximate surface area is 263 Å². The van der Waals surface area contributed by atoms with Gasteiger partial charge in [-0.2, -0.15) is 26.3 Å². The van der Waals surface area contributed by atoms with Crippen LogP contribution in [0.1, 0.15) is 57.1 Å². The number of nitrogens with one attached hydrogen (secondary N) is 5. The van der Waals surface area contributed by atoms with E-state index in [0.29, 0.717) is 49.6 Å². The summed E-state index contributed by atoms with van der Waals surface area (Å²) in [5, 5.41) is 13.8. The second kappa shape index (κ2) is 16.5. The van der Waals surface area contributed by atoms with Crippen LogP contribution < -0.4 is 26.6 Å². The summed E-state index contributed by atoms with van der Waals surface area (Å²) in [6, 6.07) is 7.84. The highest BCUT2D eigenvalue weighted by molar-refractivity contribution is 5.90. The highest BCUT2D eigenvalue weighted by atomic mass is 19.4. The van der Waals surface area contributed by atoms with Crippen molar-refractivity contribution in [3.05, 3.63) is 59.7 Å². The van der Waals surface area contributed by atoms with Gasteiger partial charge >= 0.3 is 24.4 Å². The fourth-order valence-electron chi connectivity index (χ4n) is 4.91. The van der Waals surface area contributed by atoms with Gasteiger partial charge < -0.3 is 31.5 Å². The number of halogens is 6. The number of hydrogen-bond acceptors (Lipinski definition) is 4. The Kier molecular flexibility index (Phi) is 13.1. The maximum Gasteiger partial charge on any atom is 0.416 e. The summed E-state index contributed by atoms with van der Waals surface area (Å²) < 4.78 is 74.7. The number of carbonyl (C=O) groups excluding carboxylic acids is 3. The van der Waals surface area contributed by atoms with Crippen LogP contribution in [-0.2, 0) is 17.1 Å². The third-order valence-corrected chi connectivity index (χ3v) is 7.38. The topological polar surface area (TPSA) is 115 Å². The van der Waals surface area contributed by atoms with Crippen molar-refractivity contribution in [2.24, 2.45) is 5.92 Å². The van der Waals surface area contributed by atoms with Gasteiger partial charge in [0, 0.05) is 43.0 Å². The van der Waals surface area contributed by atoms with E-state index in [4.69, 9.17) is 0 Å². The molecule has 2 aromatic rings. The first-order valence-corrected chi connectivity index (χ1v) is 15.1. The zero-order chi connectivity index (χ0) is 33.9. The summed E-state index contributed by atoms with van der Waals surface area (Å²) in [6.07, 6.45) is -5.24. The summed E-state index contributed by atoms with van der Waals surface area (Å²) in [6.45, 7) is 6.89. The summed E-state index contributed by atoms with van der Waals surface area (Å²) in [4.78, 5) is 37.5. The number of piperidine rings is 2. The summed E-state index contributed by atoms with van der Waals surface area (Å²) in [5.74, 6) is 0.445. The Balaban J connectivity index is 0.000000259. The van der Waals surface area contributed by atoms with Crippen LogP contribution in [0.3, 0.4) is 0 Å². The van der Waals surface area contributed by atoms with E-state index < -0.39 is 35.5 Å². The zero-order valence-corrected chi connectivity index (χ0v) is 25.7. The number of alkyl halides is 6. The Morgan fingerprint density at radius 1 is 0.717 bits per heavy atom. The second-order valence-electron chi connectivity index (χ2n) is 11.6. The van der Waals surface area contributed by atoms with Gasteiger partial charge in [-0.15, -0.1) is 0 Å².